The molecule has 1 amide bonds. The molecule has 0 spiro atoms. The topological polar surface area (TPSA) is 87.7 Å². The molecule has 20 heavy (non-hydrogen) atoms. The number of hydrogen-bond acceptors (Lipinski definition) is 4. The molecule has 0 unspecified atom stereocenters. The van der Waals surface area contributed by atoms with Crippen molar-refractivity contribution in [2.24, 2.45) is 5.41 Å². The van der Waals surface area contributed by atoms with Crippen LogP contribution >= 0.6 is 0 Å². The fourth-order valence-electron chi connectivity index (χ4n) is 2.93. The molecule has 6 nitrogen and oxygen atoms in total. The lowest BCUT2D eigenvalue weighted by Crippen LogP contribution is -2.48. The highest BCUT2D eigenvalue weighted by molar-refractivity contribution is 5.80. The number of amides is 1. The minimum absolute atomic E-state index is 0.121. The summed E-state index contributed by atoms with van der Waals surface area (Å²) >= 11 is 0. The number of nitrogens with one attached hydrogen (secondary N) is 2. The van der Waals surface area contributed by atoms with Crippen molar-refractivity contribution >= 4 is 11.9 Å². The molecular formula is C14H24N2O4. The lowest BCUT2D eigenvalue weighted by molar-refractivity contribution is -0.154. The SMILES string of the molecule is O=C(CNC1CCCC1)NCC1(C(=O)O)CCOCC1. The molecule has 0 aromatic carbocycles. The Kier molecular flexibility index (Phi) is 5.37. The van der Waals surface area contributed by atoms with Crippen LogP contribution in [0.15, 0.2) is 0 Å². The van der Waals surface area contributed by atoms with E-state index in [1.54, 1.807) is 0 Å². The van der Waals surface area contributed by atoms with E-state index in [9.17, 15) is 14.7 Å². The molecule has 0 radical (unpaired) electrons. The van der Waals surface area contributed by atoms with Crippen molar-refractivity contribution in [3.05, 3.63) is 0 Å². The van der Waals surface area contributed by atoms with Gasteiger partial charge in [-0.15, -0.1) is 0 Å². The molecule has 2 fully saturated rings. The second-order valence-electron chi connectivity index (χ2n) is 5.84. The quantitative estimate of drug-likeness (QED) is 0.662. The number of ether oxygens (including phenoxy) is 1. The van der Waals surface area contributed by atoms with Gasteiger partial charge in [0, 0.05) is 25.8 Å². The average Bonchev–Trinajstić information content (AvgIpc) is 2.97. The van der Waals surface area contributed by atoms with Crippen LogP contribution in [0.5, 0.6) is 0 Å². The molecule has 1 saturated heterocycles. The predicted molar refractivity (Wildman–Crippen MR) is 73.4 cm³/mol. The highest BCUT2D eigenvalue weighted by atomic mass is 16.5. The Hall–Kier alpha value is -1.14. The minimum Gasteiger partial charge on any atom is -0.481 e. The molecule has 6 heteroatoms. The van der Waals surface area contributed by atoms with Gasteiger partial charge in [-0.1, -0.05) is 12.8 Å². The summed E-state index contributed by atoms with van der Waals surface area (Å²) in [7, 11) is 0. The molecule has 3 N–H and O–H groups in total. The number of carbonyl (C=O) groups excluding carboxylic acids is 1. The van der Waals surface area contributed by atoms with Gasteiger partial charge in [-0.2, -0.15) is 0 Å². The van der Waals surface area contributed by atoms with Gasteiger partial charge in [0.2, 0.25) is 5.91 Å². The van der Waals surface area contributed by atoms with E-state index in [1.165, 1.54) is 12.8 Å². The van der Waals surface area contributed by atoms with Crippen LogP contribution in [0.1, 0.15) is 38.5 Å². The predicted octanol–water partition coefficient (Wildman–Crippen LogP) is 0.516. The first-order valence-electron chi connectivity index (χ1n) is 7.44. The fourth-order valence-corrected chi connectivity index (χ4v) is 2.93. The lowest BCUT2D eigenvalue weighted by Gasteiger charge is -2.33. The molecule has 1 aliphatic carbocycles. The summed E-state index contributed by atoms with van der Waals surface area (Å²) in [5.41, 5.74) is -0.860. The molecule has 2 aliphatic rings. The molecule has 1 heterocycles. The third-order valence-electron chi connectivity index (χ3n) is 4.43. The number of carboxylic acid groups (broad SMARTS) is 1. The summed E-state index contributed by atoms with van der Waals surface area (Å²) in [5.74, 6) is -0.964. The third kappa shape index (κ3) is 3.93. The Labute approximate surface area is 119 Å². The molecule has 0 atom stereocenters. The Morgan fingerprint density at radius 3 is 2.45 bits per heavy atom. The zero-order valence-electron chi connectivity index (χ0n) is 11.8. The fraction of sp³-hybridized carbons (Fsp3) is 0.857. The Balaban J connectivity index is 1.74. The Morgan fingerprint density at radius 2 is 1.85 bits per heavy atom. The van der Waals surface area contributed by atoms with Gasteiger partial charge in [0.25, 0.3) is 0 Å². The van der Waals surface area contributed by atoms with Gasteiger partial charge in [0.15, 0.2) is 0 Å². The molecule has 0 aromatic rings. The second kappa shape index (κ2) is 7.04. The van der Waals surface area contributed by atoms with E-state index in [2.05, 4.69) is 10.6 Å². The van der Waals surface area contributed by atoms with Crippen molar-refractivity contribution in [2.75, 3.05) is 26.3 Å². The van der Waals surface area contributed by atoms with Crippen molar-refractivity contribution in [1.29, 1.82) is 0 Å². The van der Waals surface area contributed by atoms with Crippen LogP contribution in [-0.2, 0) is 14.3 Å². The zero-order chi connectivity index (χ0) is 14.4. The van der Waals surface area contributed by atoms with Crippen LogP contribution in [0.4, 0.5) is 0 Å². The van der Waals surface area contributed by atoms with E-state index < -0.39 is 11.4 Å². The van der Waals surface area contributed by atoms with Gasteiger partial charge in [0.1, 0.15) is 0 Å². The van der Waals surface area contributed by atoms with Crippen LogP contribution in [0, 0.1) is 5.41 Å². The van der Waals surface area contributed by atoms with E-state index in [0.29, 0.717) is 32.1 Å². The monoisotopic (exact) mass is 284 g/mol. The van der Waals surface area contributed by atoms with Gasteiger partial charge >= 0.3 is 5.97 Å². The standard InChI is InChI=1S/C14H24N2O4/c17-12(9-15-11-3-1-2-4-11)16-10-14(13(18)19)5-7-20-8-6-14/h11,15H,1-10H2,(H,16,17)(H,18,19). The first kappa shape index (κ1) is 15.3. The minimum atomic E-state index is -0.860. The largest absolute Gasteiger partial charge is 0.481 e. The number of aliphatic carboxylic acids is 1. The zero-order valence-corrected chi connectivity index (χ0v) is 11.8. The average molecular weight is 284 g/mol. The van der Waals surface area contributed by atoms with E-state index in [-0.39, 0.29) is 19.0 Å². The summed E-state index contributed by atoms with van der Waals surface area (Å²) in [6, 6.07) is 0.442. The van der Waals surface area contributed by atoms with Gasteiger partial charge in [-0.3, -0.25) is 9.59 Å². The summed E-state index contributed by atoms with van der Waals surface area (Å²) in [6.45, 7) is 1.36. The maximum atomic E-state index is 11.8. The number of carboxylic acids is 1. The van der Waals surface area contributed by atoms with Crippen molar-refractivity contribution in [1.82, 2.24) is 10.6 Å². The van der Waals surface area contributed by atoms with Crippen LogP contribution in [0.25, 0.3) is 0 Å². The van der Waals surface area contributed by atoms with E-state index in [1.807, 2.05) is 0 Å². The molecule has 0 bridgehead atoms. The van der Waals surface area contributed by atoms with E-state index in [0.717, 1.165) is 12.8 Å². The Morgan fingerprint density at radius 1 is 1.20 bits per heavy atom. The first-order chi connectivity index (χ1) is 9.62. The van der Waals surface area contributed by atoms with Crippen molar-refractivity contribution in [3.8, 4) is 0 Å². The molecule has 1 aliphatic heterocycles. The highest BCUT2D eigenvalue weighted by Crippen LogP contribution is 2.30. The van der Waals surface area contributed by atoms with E-state index in [4.69, 9.17) is 4.74 Å². The summed E-state index contributed by atoms with van der Waals surface area (Å²) < 4.78 is 5.21. The summed E-state index contributed by atoms with van der Waals surface area (Å²) in [5, 5.41) is 15.4. The molecule has 1 saturated carbocycles. The van der Waals surface area contributed by atoms with Gasteiger partial charge in [0.05, 0.1) is 12.0 Å². The summed E-state index contributed by atoms with van der Waals surface area (Å²) in [4.78, 5) is 23.2. The normalized spacial score (nSPS) is 22.6. The second-order valence-corrected chi connectivity index (χ2v) is 5.84. The third-order valence-corrected chi connectivity index (χ3v) is 4.43. The number of hydrogen-bond donors (Lipinski definition) is 3. The van der Waals surface area contributed by atoms with Crippen molar-refractivity contribution in [3.63, 3.8) is 0 Å². The van der Waals surface area contributed by atoms with Crippen LogP contribution < -0.4 is 10.6 Å². The van der Waals surface area contributed by atoms with Crippen LogP contribution in [-0.4, -0.2) is 49.3 Å². The highest BCUT2D eigenvalue weighted by Gasteiger charge is 2.40. The number of rotatable bonds is 6. The molecule has 114 valence electrons. The lowest BCUT2D eigenvalue weighted by atomic mass is 9.80. The van der Waals surface area contributed by atoms with E-state index >= 15 is 0 Å². The van der Waals surface area contributed by atoms with Crippen LogP contribution in [0.2, 0.25) is 0 Å². The maximum Gasteiger partial charge on any atom is 0.311 e. The molecule has 0 aromatic heterocycles. The first-order valence-corrected chi connectivity index (χ1v) is 7.44. The van der Waals surface area contributed by atoms with Crippen molar-refractivity contribution in [2.45, 2.75) is 44.6 Å². The summed E-state index contributed by atoms with van der Waals surface area (Å²) in [6.07, 6.45) is 5.62. The maximum absolute atomic E-state index is 11.8. The van der Waals surface area contributed by atoms with Gasteiger partial charge in [-0.05, 0) is 25.7 Å². The number of carbonyl (C=O) groups is 2. The smallest absolute Gasteiger partial charge is 0.311 e. The van der Waals surface area contributed by atoms with Crippen LogP contribution in [0.3, 0.4) is 0 Å². The van der Waals surface area contributed by atoms with Gasteiger partial charge < -0.3 is 20.5 Å². The van der Waals surface area contributed by atoms with Crippen molar-refractivity contribution < 1.29 is 19.4 Å². The van der Waals surface area contributed by atoms with Gasteiger partial charge in [-0.25, -0.2) is 0 Å². The Bertz CT molecular complexity index is 347. The molecular weight excluding hydrogens is 260 g/mol. The molecule has 2 rings (SSSR count).